The third-order valence-electron chi connectivity index (χ3n) is 4.50. The Hall–Kier alpha value is -0.870. The van der Waals surface area contributed by atoms with E-state index in [0.717, 1.165) is 13.0 Å². The van der Waals surface area contributed by atoms with Crippen molar-refractivity contribution in [2.45, 2.75) is 77.3 Å². The van der Waals surface area contributed by atoms with Crippen LogP contribution in [0.4, 0.5) is 0 Å². The van der Waals surface area contributed by atoms with Gasteiger partial charge in [-0.1, -0.05) is 39.0 Å². The van der Waals surface area contributed by atoms with E-state index in [4.69, 9.17) is 5.11 Å². The smallest absolute Gasteiger partial charge is 0.0644 e. The highest BCUT2D eigenvalue weighted by atomic mass is 16.3. The number of aromatic nitrogens is 2. The van der Waals surface area contributed by atoms with Crippen molar-refractivity contribution in [3.63, 3.8) is 0 Å². The summed E-state index contributed by atoms with van der Waals surface area (Å²) < 4.78 is 1.98. The third kappa shape index (κ3) is 4.82. The summed E-state index contributed by atoms with van der Waals surface area (Å²) in [5.41, 5.74) is 2.69. The van der Waals surface area contributed by atoms with E-state index in [1.165, 1.54) is 62.6 Å². The van der Waals surface area contributed by atoms with Gasteiger partial charge in [0.05, 0.1) is 19.3 Å². The number of aliphatic hydroxyl groups is 1. The molecule has 0 fully saturated rings. The zero-order valence-corrected chi connectivity index (χ0v) is 13.5. The Kier molecular flexibility index (Phi) is 7.24. The molecule has 1 aliphatic rings. The summed E-state index contributed by atoms with van der Waals surface area (Å²) in [6.07, 6.45) is 13.6. The Bertz CT molecular complexity index is 403. The van der Waals surface area contributed by atoms with Gasteiger partial charge in [0.1, 0.15) is 0 Å². The zero-order chi connectivity index (χ0) is 14.9. The van der Waals surface area contributed by atoms with Gasteiger partial charge in [-0.2, -0.15) is 5.10 Å². The van der Waals surface area contributed by atoms with Crippen LogP contribution in [0.2, 0.25) is 0 Å². The van der Waals surface area contributed by atoms with Crippen LogP contribution >= 0.6 is 0 Å². The minimum atomic E-state index is 0.171. The van der Waals surface area contributed by atoms with Gasteiger partial charge in [0.15, 0.2) is 0 Å². The summed E-state index contributed by atoms with van der Waals surface area (Å²) in [5.74, 6) is 0. The quantitative estimate of drug-likeness (QED) is 0.651. The summed E-state index contributed by atoms with van der Waals surface area (Å²) in [5, 5.41) is 17.2. The van der Waals surface area contributed by atoms with E-state index in [0.29, 0.717) is 12.6 Å². The van der Waals surface area contributed by atoms with E-state index in [9.17, 15) is 0 Å². The molecule has 1 aromatic heterocycles. The van der Waals surface area contributed by atoms with E-state index in [2.05, 4.69) is 17.3 Å². The highest BCUT2D eigenvalue weighted by Gasteiger charge is 2.23. The van der Waals surface area contributed by atoms with Crippen LogP contribution in [0.1, 0.15) is 75.6 Å². The number of nitrogens with zero attached hydrogens (tertiary/aromatic N) is 2. The van der Waals surface area contributed by atoms with E-state index in [1.807, 2.05) is 10.9 Å². The monoisotopic (exact) mass is 293 g/mol. The van der Waals surface area contributed by atoms with Crippen LogP contribution in [0, 0.1) is 0 Å². The van der Waals surface area contributed by atoms with Crippen molar-refractivity contribution in [1.82, 2.24) is 15.1 Å². The second-order valence-corrected chi connectivity index (χ2v) is 6.16. The van der Waals surface area contributed by atoms with Crippen molar-refractivity contribution < 1.29 is 5.11 Å². The predicted octanol–water partition coefficient (Wildman–Crippen LogP) is 3.20. The molecule has 0 spiro atoms. The van der Waals surface area contributed by atoms with Gasteiger partial charge in [0, 0.05) is 17.3 Å². The standard InChI is InChI=1S/C17H31N3O/c1-2-3-4-5-6-7-11-18-16-9-8-10-17-15(16)14-19-20(17)12-13-21/h14,16,18,21H,2-13H2,1H3. The van der Waals surface area contributed by atoms with Crippen LogP contribution < -0.4 is 5.32 Å². The molecule has 1 atom stereocenters. The highest BCUT2D eigenvalue weighted by Crippen LogP contribution is 2.29. The molecule has 0 bridgehead atoms. The maximum absolute atomic E-state index is 9.09. The molecule has 2 rings (SSSR count). The number of hydrogen-bond acceptors (Lipinski definition) is 3. The van der Waals surface area contributed by atoms with Crippen LogP contribution in [0.3, 0.4) is 0 Å². The number of hydrogen-bond donors (Lipinski definition) is 2. The van der Waals surface area contributed by atoms with Crippen LogP contribution in [-0.4, -0.2) is 28.0 Å². The largest absolute Gasteiger partial charge is 0.394 e. The molecule has 0 aromatic carbocycles. The third-order valence-corrected chi connectivity index (χ3v) is 4.50. The summed E-state index contributed by atoms with van der Waals surface area (Å²) in [7, 11) is 0. The molecule has 2 N–H and O–H groups in total. The first kappa shape index (κ1) is 16.5. The molecule has 21 heavy (non-hydrogen) atoms. The molecule has 0 aliphatic heterocycles. The number of nitrogens with one attached hydrogen (secondary N) is 1. The maximum atomic E-state index is 9.09. The number of rotatable bonds is 10. The Labute approximate surface area is 128 Å². The first-order valence-electron chi connectivity index (χ1n) is 8.75. The van der Waals surface area contributed by atoms with Gasteiger partial charge >= 0.3 is 0 Å². The van der Waals surface area contributed by atoms with Gasteiger partial charge in [0.25, 0.3) is 0 Å². The second-order valence-electron chi connectivity index (χ2n) is 6.16. The van der Waals surface area contributed by atoms with Crippen LogP contribution in [-0.2, 0) is 13.0 Å². The zero-order valence-electron chi connectivity index (χ0n) is 13.5. The van der Waals surface area contributed by atoms with E-state index in [-0.39, 0.29) is 6.61 Å². The maximum Gasteiger partial charge on any atom is 0.0644 e. The predicted molar refractivity (Wildman–Crippen MR) is 86.4 cm³/mol. The Morgan fingerprint density at radius 1 is 1.29 bits per heavy atom. The van der Waals surface area contributed by atoms with E-state index < -0.39 is 0 Å². The van der Waals surface area contributed by atoms with Crippen LogP contribution in [0.25, 0.3) is 0 Å². The lowest BCUT2D eigenvalue weighted by Crippen LogP contribution is -2.26. The second kappa shape index (κ2) is 9.21. The van der Waals surface area contributed by atoms with Crippen molar-refractivity contribution in [1.29, 1.82) is 0 Å². The molecule has 4 nitrogen and oxygen atoms in total. The molecule has 1 heterocycles. The molecule has 0 radical (unpaired) electrons. The lowest BCUT2D eigenvalue weighted by atomic mass is 9.93. The van der Waals surface area contributed by atoms with Crippen LogP contribution in [0.5, 0.6) is 0 Å². The molecule has 0 amide bonds. The van der Waals surface area contributed by atoms with Gasteiger partial charge in [0.2, 0.25) is 0 Å². The van der Waals surface area contributed by atoms with Gasteiger partial charge in [-0.05, 0) is 32.2 Å². The molecule has 120 valence electrons. The summed E-state index contributed by atoms with van der Waals surface area (Å²) >= 11 is 0. The Morgan fingerprint density at radius 2 is 2.10 bits per heavy atom. The van der Waals surface area contributed by atoms with Gasteiger partial charge in [-0.15, -0.1) is 0 Å². The number of aliphatic hydroxyl groups excluding tert-OH is 1. The molecule has 4 heteroatoms. The molecular weight excluding hydrogens is 262 g/mol. The Balaban J connectivity index is 1.73. The highest BCUT2D eigenvalue weighted by molar-refractivity contribution is 5.24. The molecule has 1 unspecified atom stereocenters. The van der Waals surface area contributed by atoms with Crippen LogP contribution in [0.15, 0.2) is 6.20 Å². The number of unbranched alkanes of at least 4 members (excludes halogenated alkanes) is 5. The van der Waals surface area contributed by atoms with E-state index in [1.54, 1.807) is 0 Å². The fourth-order valence-electron chi connectivity index (χ4n) is 3.30. The van der Waals surface area contributed by atoms with Gasteiger partial charge < -0.3 is 10.4 Å². The first-order valence-corrected chi connectivity index (χ1v) is 8.75. The minimum absolute atomic E-state index is 0.171. The van der Waals surface area contributed by atoms with Gasteiger partial charge in [-0.25, -0.2) is 0 Å². The first-order chi connectivity index (χ1) is 10.4. The fraction of sp³-hybridized carbons (Fsp3) is 0.824. The molecular formula is C17H31N3O. The lowest BCUT2D eigenvalue weighted by molar-refractivity contribution is 0.266. The van der Waals surface area contributed by atoms with Gasteiger partial charge in [-0.3, -0.25) is 4.68 Å². The Morgan fingerprint density at radius 3 is 2.90 bits per heavy atom. The number of fused-ring (bicyclic) bond motifs is 1. The summed E-state index contributed by atoms with van der Waals surface area (Å²) in [6.45, 7) is 4.17. The average Bonchev–Trinajstić information content (AvgIpc) is 2.91. The lowest BCUT2D eigenvalue weighted by Gasteiger charge is -2.24. The molecule has 0 saturated heterocycles. The molecule has 1 aromatic rings. The van der Waals surface area contributed by atoms with Crippen molar-refractivity contribution in [3.05, 3.63) is 17.5 Å². The average molecular weight is 293 g/mol. The normalized spacial score (nSPS) is 17.9. The molecule has 0 saturated carbocycles. The summed E-state index contributed by atoms with van der Waals surface area (Å²) in [6, 6.07) is 0.469. The van der Waals surface area contributed by atoms with Crippen molar-refractivity contribution in [2.75, 3.05) is 13.2 Å². The minimum Gasteiger partial charge on any atom is -0.394 e. The van der Waals surface area contributed by atoms with Crippen molar-refractivity contribution in [2.24, 2.45) is 0 Å². The fourth-order valence-corrected chi connectivity index (χ4v) is 3.30. The topological polar surface area (TPSA) is 50.1 Å². The SMILES string of the molecule is CCCCCCCCNC1CCCc2c1cnn2CCO. The molecule has 1 aliphatic carbocycles. The van der Waals surface area contributed by atoms with Crippen molar-refractivity contribution >= 4 is 0 Å². The summed E-state index contributed by atoms with van der Waals surface area (Å²) in [4.78, 5) is 0. The van der Waals surface area contributed by atoms with Crippen molar-refractivity contribution in [3.8, 4) is 0 Å². The van der Waals surface area contributed by atoms with E-state index >= 15 is 0 Å².